The normalized spacial score (nSPS) is 25.9. The fourth-order valence-electron chi connectivity index (χ4n) is 2.78. The van der Waals surface area contributed by atoms with Crippen molar-refractivity contribution in [1.82, 2.24) is 0 Å². The zero-order valence-corrected chi connectivity index (χ0v) is 11.8. The molecule has 110 valence electrons. The van der Waals surface area contributed by atoms with Crippen LogP contribution in [-0.4, -0.2) is 28.7 Å². The number of carboxylic acids is 1. The lowest BCUT2D eigenvalue weighted by atomic mass is 9.83. The molecule has 0 radical (unpaired) electrons. The largest absolute Gasteiger partial charge is 0.481 e. The summed E-state index contributed by atoms with van der Waals surface area (Å²) >= 11 is 0. The van der Waals surface area contributed by atoms with E-state index in [1.54, 1.807) is 0 Å². The molecular weight excluding hydrogens is 258 g/mol. The summed E-state index contributed by atoms with van der Waals surface area (Å²) < 4.78 is 0. The van der Waals surface area contributed by atoms with Crippen molar-refractivity contribution in [1.29, 1.82) is 0 Å². The second-order valence-corrected chi connectivity index (χ2v) is 5.44. The first-order chi connectivity index (χ1) is 9.61. The number of rotatable bonds is 6. The lowest BCUT2D eigenvalue weighted by Crippen LogP contribution is -2.27. The van der Waals surface area contributed by atoms with Crippen molar-refractivity contribution >= 4 is 17.5 Å². The van der Waals surface area contributed by atoms with E-state index < -0.39 is 5.97 Å². The van der Waals surface area contributed by atoms with E-state index in [1.165, 1.54) is 0 Å². The van der Waals surface area contributed by atoms with E-state index in [1.807, 2.05) is 6.08 Å². The molecule has 5 heteroatoms. The molecule has 0 spiro atoms. The Morgan fingerprint density at radius 3 is 2.90 bits per heavy atom. The number of allylic oxidation sites excluding steroid dienone is 2. The number of oxime groups is 1. The van der Waals surface area contributed by atoms with Crippen molar-refractivity contribution in [2.75, 3.05) is 0 Å². The van der Waals surface area contributed by atoms with Crippen molar-refractivity contribution in [3.8, 4) is 0 Å². The van der Waals surface area contributed by atoms with Crippen LogP contribution in [-0.2, 0) is 14.4 Å². The van der Waals surface area contributed by atoms with Crippen molar-refractivity contribution in [2.24, 2.45) is 11.1 Å². The van der Waals surface area contributed by atoms with Gasteiger partial charge in [-0.15, -0.1) is 0 Å². The van der Waals surface area contributed by atoms with Gasteiger partial charge in [0, 0.05) is 18.8 Å². The minimum Gasteiger partial charge on any atom is -0.481 e. The Morgan fingerprint density at radius 2 is 2.30 bits per heavy atom. The summed E-state index contributed by atoms with van der Waals surface area (Å²) in [6.07, 6.45) is 6.21. The molecule has 0 aromatic heterocycles. The number of nitrogens with zero attached hydrogens (tertiary/aromatic N) is 1. The third-order valence-electron chi connectivity index (χ3n) is 3.91. The fraction of sp³-hybridized carbons (Fsp3) is 0.667. The summed E-state index contributed by atoms with van der Waals surface area (Å²) in [6.45, 7) is 2.11. The molecule has 0 bridgehead atoms. The van der Waals surface area contributed by atoms with E-state index in [-0.39, 0.29) is 24.2 Å². The number of ketones is 1. The summed E-state index contributed by atoms with van der Waals surface area (Å²) in [6, 6.07) is 0. The number of carbonyl (C=O) groups excluding carboxylic acids is 1. The first kappa shape index (κ1) is 14.8. The highest BCUT2D eigenvalue weighted by Gasteiger charge is 2.37. The smallest absolute Gasteiger partial charge is 0.307 e. The number of hydrogen-bond acceptors (Lipinski definition) is 4. The van der Waals surface area contributed by atoms with Gasteiger partial charge in [-0.1, -0.05) is 31.0 Å². The number of carbonyl (C=O) groups is 2. The summed E-state index contributed by atoms with van der Waals surface area (Å²) in [5, 5.41) is 13.1. The van der Waals surface area contributed by atoms with Gasteiger partial charge >= 0.3 is 5.97 Å². The molecule has 0 aromatic rings. The van der Waals surface area contributed by atoms with E-state index in [0.717, 1.165) is 30.5 Å². The van der Waals surface area contributed by atoms with Crippen LogP contribution in [0, 0.1) is 5.92 Å². The summed E-state index contributed by atoms with van der Waals surface area (Å²) in [5.41, 5.74) is 1.94. The number of Topliss-reactive ketones (excluding diaryl/α,β-unsaturated/α-hetero) is 1. The van der Waals surface area contributed by atoms with E-state index in [4.69, 9.17) is 9.94 Å². The zero-order valence-electron chi connectivity index (χ0n) is 11.8. The van der Waals surface area contributed by atoms with Gasteiger partial charge in [-0.3, -0.25) is 9.59 Å². The first-order valence-corrected chi connectivity index (χ1v) is 7.28. The highest BCUT2D eigenvalue weighted by Crippen LogP contribution is 2.32. The molecule has 2 aliphatic rings. The van der Waals surface area contributed by atoms with Gasteiger partial charge in [-0.25, -0.2) is 0 Å². The lowest BCUT2D eigenvalue weighted by molar-refractivity contribution is -0.140. The van der Waals surface area contributed by atoms with Crippen LogP contribution in [0.15, 0.2) is 16.8 Å². The molecule has 2 rings (SSSR count). The lowest BCUT2D eigenvalue weighted by Gasteiger charge is -2.20. The molecule has 0 saturated heterocycles. The Labute approximate surface area is 118 Å². The number of aliphatic carboxylic acids is 1. The van der Waals surface area contributed by atoms with Crippen LogP contribution in [0.3, 0.4) is 0 Å². The van der Waals surface area contributed by atoms with Gasteiger partial charge in [0.15, 0.2) is 0 Å². The minimum atomic E-state index is -0.860. The maximum absolute atomic E-state index is 11.3. The molecule has 0 saturated carbocycles. The van der Waals surface area contributed by atoms with Crippen LogP contribution in [0.4, 0.5) is 0 Å². The van der Waals surface area contributed by atoms with Gasteiger partial charge in [-0.05, 0) is 18.4 Å². The molecule has 1 heterocycles. The van der Waals surface area contributed by atoms with Crippen LogP contribution >= 0.6 is 0 Å². The number of carboxylic acid groups (broad SMARTS) is 1. The number of unbranched alkanes of at least 4 members (excludes halogenated alkanes) is 1. The highest BCUT2D eigenvalue weighted by atomic mass is 16.6. The molecule has 0 fully saturated rings. The predicted octanol–water partition coefficient (Wildman–Crippen LogP) is 2.70. The average molecular weight is 279 g/mol. The SMILES string of the molecule is CCCCC1C(C2=CCC(=O)CC2)=NOC1CC(=O)O. The Kier molecular flexibility index (Phi) is 4.93. The van der Waals surface area contributed by atoms with Gasteiger partial charge in [0.05, 0.1) is 12.1 Å². The Balaban J connectivity index is 2.10. The van der Waals surface area contributed by atoms with Crippen molar-refractivity contribution in [3.05, 3.63) is 11.6 Å². The van der Waals surface area contributed by atoms with Crippen LogP contribution in [0.5, 0.6) is 0 Å². The second-order valence-electron chi connectivity index (χ2n) is 5.44. The topological polar surface area (TPSA) is 76.0 Å². The van der Waals surface area contributed by atoms with Crippen LogP contribution in [0.2, 0.25) is 0 Å². The van der Waals surface area contributed by atoms with Crippen molar-refractivity contribution < 1.29 is 19.5 Å². The summed E-state index contributed by atoms with van der Waals surface area (Å²) in [7, 11) is 0. The van der Waals surface area contributed by atoms with Crippen LogP contribution in [0.25, 0.3) is 0 Å². The van der Waals surface area contributed by atoms with Crippen LogP contribution in [0.1, 0.15) is 51.9 Å². The van der Waals surface area contributed by atoms with Crippen LogP contribution < -0.4 is 0 Å². The highest BCUT2D eigenvalue weighted by molar-refractivity contribution is 6.04. The van der Waals surface area contributed by atoms with Gasteiger partial charge in [0.1, 0.15) is 11.9 Å². The van der Waals surface area contributed by atoms with Crippen molar-refractivity contribution in [2.45, 2.75) is 58.0 Å². The maximum atomic E-state index is 11.3. The van der Waals surface area contributed by atoms with E-state index in [0.29, 0.717) is 19.3 Å². The molecule has 1 aliphatic heterocycles. The molecule has 1 aliphatic carbocycles. The van der Waals surface area contributed by atoms with Gasteiger partial charge in [-0.2, -0.15) is 0 Å². The minimum absolute atomic E-state index is 0.0202. The number of hydrogen-bond donors (Lipinski definition) is 1. The van der Waals surface area contributed by atoms with E-state index in [2.05, 4.69) is 12.1 Å². The van der Waals surface area contributed by atoms with Crippen molar-refractivity contribution in [3.63, 3.8) is 0 Å². The standard InChI is InChI=1S/C15H21NO4/c1-2-3-4-12-13(9-14(18)19)20-16-15(12)10-5-7-11(17)8-6-10/h5,12-13H,2-4,6-9H2,1H3,(H,18,19). The summed E-state index contributed by atoms with van der Waals surface area (Å²) in [4.78, 5) is 27.6. The fourth-order valence-corrected chi connectivity index (χ4v) is 2.78. The molecular formula is C15H21NO4. The maximum Gasteiger partial charge on any atom is 0.307 e. The van der Waals surface area contributed by atoms with Gasteiger partial charge in [0.25, 0.3) is 0 Å². The quantitative estimate of drug-likeness (QED) is 0.811. The summed E-state index contributed by atoms with van der Waals surface area (Å²) in [5.74, 6) is -0.563. The molecule has 2 unspecified atom stereocenters. The first-order valence-electron chi connectivity index (χ1n) is 7.28. The Bertz CT molecular complexity index is 453. The molecule has 0 aromatic carbocycles. The van der Waals surface area contributed by atoms with E-state index in [9.17, 15) is 9.59 Å². The third-order valence-corrected chi connectivity index (χ3v) is 3.91. The Hall–Kier alpha value is -1.65. The zero-order chi connectivity index (χ0) is 14.5. The van der Waals surface area contributed by atoms with Gasteiger partial charge in [0.2, 0.25) is 0 Å². The predicted molar refractivity (Wildman–Crippen MR) is 74.5 cm³/mol. The average Bonchev–Trinajstić information content (AvgIpc) is 2.79. The second kappa shape index (κ2) is 6.68. The molecule has 20 heavy (non-hydrogen) atoms. The molecule has 5 nitrogen and oxygen atoms in total. The molecule has 1 N–H and O–H groups in total. The molecule has 2 atom stereocenters. The molecule has 0 amide bonds. The Morgan fingerprint density at radius 1 is 1.50 bits per heavy atom. The van der Waals surface area contributed by atoms with E-state index >= 15 is 0 Å². The monoisotopic (exact) mass is 279 g/mol. The third kappa shape index (κ3) is 3.46. The van der Waals surface area contributed by atoms with Gasteiger partial charge < -0.3 is 9.94 Å².